The van der Waals surface area contributed by atoms with E-state index < -0.39 is 29.6 Å². The van der Waals surface area contributed by atoms with Gasteiger partial charge in [0.15, 0.2) is 0 Å². The summed E-state index contributed by atoms with van der Waals surface area (Å²) in [6.07, 6.45) is 1.05. The van der Waals surface area contributed by atoms with Crippen LogP contribution in [0.5, 0.6) is 0 Å². The first-order valence-electron chi connectivity index (χ1n) is 4.76. The van der Waals surface area contributed by atoms with E-state index in [4.69, 9.17) is 11.0 Å². The lowest BCUT2D eigenvalue weighted by atomic mass is 10.2. The first kappa shape index (κ1) is 13.7. The van der Waals surface area contributed by atoms with Gasteiger partial charge in [0, 0.05) is 12.3 Å². The number of pyridine rings is 1. The quantitative estimate of drug-likeness (QED) is 0.596. The summed E-state index contributed by atoms with van der Waals surface area (Å²) in [6, 6.07) is 2.62. The van der Waals surface area contributed by atoms with Crippen LogP contribution in [0.4, 0.5) is 20.3 Å². The molecule has 9 heteroatoms. The molecule has 1 heterocycles. The Morgan fingerprint density at radius 1 is 1.67 bits per heavy atom. The largest absolute Gasteiger partial charge is 0.358 e. The van der Waals surface area contributed by atoms with E-state index in [0.29, 0.717) is 0 Å². The van der Waals surface area contributed by atoms with Crippen LogP contribution in [0.3, 0.4) is 0 Å². The Balaban J connectivity index is 2.96. The molecule has 0 saturated carbocycles. The van der Waals surface area contributed by atoms with Crippen LogP contribution in [-0.4, -0.2) is 28.9 Å². The first-order valence-corrected chi connectivity index (χ1v) is 4.76. The number of rotatable bonds is 5. The molecule has 0 amide bonds. The Hall–Kier alpha value is -2.34. The predicted octanol–water partition coefficient (Wildman–Crippen LogP) is 0.867. The highest BCUT2D eigenvalue weighted by molar-refractivity contribution is 5.58. The van der Waals surface area contributed by atoms with Gasteiger partial charge in [0.2, 0.25) is 5.82 Å². The molecular formula is C9H9F2N5O2. The van der Waals surface area contributed by atoms with Gasteiger partial charge in [-0.25, -0.2) is 13.8 Å². The summed E-state index contributed by atoms with van der Waals surface area (Å²) in [5.74, 6) is -3.52. The third-order valence-corrected chi connectivity index (χ3v) is 2.01. The summed E-state index contributed by atoms with van der Waals surface area (Å²) in [5.41, 5.74) is 4.26. The van der Waals surface area contributed by atoms with Gasteiger partial charge in [-0.05, 0) is 0 Å². The Labute approximate surface area is 100 Å². The molecule has 18 heavy (non-hydrogen) atoms. The number of hydrogen-bond donors (Lipinski definition) is 2. The number of hydrogen-bond acceptors (Lipinski definition) is 6. The molecule has 0 unspecified atom stereocenters. The van der Waals surface area contributed by atoms with Crippen LogP contribution in [0.25, 0.3) is 0 Å². The summed E-state index contributed by atoms with van der Waals surface area (Å²) in [6.45, 7) is -1.76. The number of nitrogens with two attached hydrogens (primary N) is 1. The van der Waals surface area contributed by atoms with Gasteiger partial charge in [-0.3, -0.25) is 10.1 Å². The maximum atomic E-state index is 12.9. The molecule has 1 aromatic heterocycles. The average Bonchev–Trinajstić information content (AvgIpc) is 2.36. The van der Waals surface area contributed by atoms with Crippen molar-refractivity contribution in [3.05, 3.63) is 27.9 Å². The fourth-order valence-electron chi connectivity index (χ4n) is 1.07. The Morgan fingerprint density at radius 2 is 2.33 bits per heavy atom. The standard InChI is InChI=1S/C9H9F2N5O2/c10-9(11,4-13)5-15-8-7(16(17)18)1-6(2-12)3-14-8/h1,3H,4-5,13H2,(H,14,15). The van der Waals surface area contributed by atoms with Crippen LogP contribution in [-0.2, 0) is 0 Å². The second-order valence-electron chi connectivity index (χ2n) is 3.37. The molecule has 0 spiro atoms. The van der Waals surface area contributed by atoms with Gasteiger partial charge < -0.3 is 11.1 Å². The molecule has 1 aromatic rings. The van der Waals surface area contributed by atoms with Crippen LogP contribution >= 0.6 is 0 Å². The molecule has 7 nitrogen and oxygen atoms in total. The lowest BCUT2D eigenvalue weighted by molar-refractivity contribution is -0.384. The predicted molar refractivity (Wildman–Crippen MR) is 58.1 cm³/mol. The molecule has 0 aliphatic carbocycles. The lowest BCUT2D eigenvalue weighted by Crippen LogP contribution is -2.35. The van der Waals surface area contributed by atoms with Crippen molar-refractivity contribution in [3.63, 3.8) is 0 Å². The Morgan fingerprint density at radius 3 is 2.83 bits per heavy atom. The van der Waals surface area contributed by atoms with Crippen LogP contribution in [0, 0.1) is 21.4 Å². The van der Waals surface area contributed by atoms with E-state index in [0.717, 1.165) is 12.3 Å². The van der Waals surface area contributed by atoms with Crippen LogP contribution in [0.1, 0.15) is 5.56 Å². The lowest BCUT2D eigenvalue weighted by Gasteiger charge is -2.14. The van der Waals surface area contributed by atoms with E-state index in [-0.39, 0.29) is 11.4 Å². The molecule has 0 atom stereocenters. The van der Waals surface area contributed by atoms with Crippen LogP contribution in [0.15, 0.2) is 12.3 Å². The Bertz CT molecular complexity index is 500. The summed E-state index contributed by atoms with van der Waals surface area (Å²) >= 11 is 0. The molecule has 0 saturated heterocycles. The number of alkyl halides is 2. The van der Waals surface area contributed by atoms with Gasteiger partial charge in [-0.1, -0.05) is 0 Å². The number of nitrogens with one attached hydrogen (secondary N) is 1. The smallest absolute Gasteiger partial charge is 0.312 e. The van der Waals surface area contributed by atoms with Crippen molar-refractivity contribution >= 4 is 11.5 Å². The third kappa shape index (κ3) is 3.33. The Kier molecular flexibility index (Phi) is 4.06. The van der Waals surface area contributed by atoms with Gasteiger partial charge in [0.25, 0.3) is 5.92 Å². The molecule has 1 rings (SSSR count). The highest BCUT2D eigenvalue weighted by atomic mass is 19.3. The van der Waals surface area contributed by atoms with E-state index in [1.54, 1.807) is 6.07 Å². The second kappa shape index (κ2) is 5.33. The van der Waals surface area contributed by atoms with E-state index in [9.17, 15) is 18.9 Å². The van der Waals surface area contributed by atoms with Crippen molar-refractivity contribution in [2.45, 2.75) is 5.92 Å². The second-order valence-corrected chi connectivity index (χ2v) is 3.37. The monoisotopic (exact) mass is 257 g/mol. The maximum absolute atomic E-state index is 12.9. The average molecular weight is 257 g/mol. The molecular weight excluding hydrogens is 248 g/mol. The van der Waals surface area contributed by atoms with Crippen LogP contribution < -0.4 is 11.1 Å². The van der Waals surface area contributed by atoms with Crippen molar-refractivity contribution in [3.8, 4) is 6.07 Å². The normalized spacial score (nSPS) is 10.8. The first-order chi connectivity index (χ1) is 8.39. The molecule has 3 N–H and O–H groups in total. The zero-order valence-electron chi connectivity index (χ0n) is 9.06. The highest BCUT2D eigenvalue weighted by Crippen LogP contribution is 2.23. The van der Waals surface area contributed by atoms with Gasteiger partial charge in [-0.15, -0.1) is 0 Å². The highest BCUT2D eigenvalue weighted by Gasteiger charge is 2.28. The van der Waals surface area contributed by atoms with Gasteiger partial charge in [-0.2, -0.15) is 5.26 Å². The summed E-state index contributed by atoms with van der Waals surface area (Å²) in [4.78, 5) is 13.4. The van der Waals surface area contributed by atoms with Crippen molar-refractivity contribution in [1.82, 2.24) is 4.98 Å². The fraction of sp³-hybridized carbons (Fsp3) is 0.333. The van der Waals surface area contributed by atoms with E-state index in [2.05, 4.69) is 10.3 Å². The van der Waals surface area contributed by atoms with Gasteiger partial charge in [0.05, 0.1) is 23.6 Å². The number of nitriles is 1. The van der Waals surface area contributed by atoms with Crippen molar-refractivity contribution in [1.29, 1.82) is 5.26 Å². The SMILES string of the molecule is N#Cc1cnc(NCC(F)(F)CN)c([N+](=O)[O-])c1. The number of anilines is 1. The molecule has 0 fully saturated rings. The summed E-state index contributed by atoms with van der Waals surface area (Å²) < 4.78 is 25.8. The third-order valence-electron chi connectivity index (χ3n) is 2.01. The molecule has 0 aromatic carbocycles. The van der Waals surface area contributed by atoms with Crippen molar-refractivity contribution in [2.75, 3.05) is 18.4 Å². The minimum Gasteiger partial charge on any atom is -0.358 e. The van der Waals surface area contributed by atoms with Crippen molar-refractivity contribution in [2.24, 2.45) is 5.73 Å². The molecule has 0 aliphatic heterocycles. The maximum Gasteiger partial charge on any atom is 0.312 e. The van der Waals surface area contributed by atoms with Gasteiger partial charge >= 0.3 is 5.69 Å². The fourth-order valence-corrected chi connectivity index (χ4v) is 1.07. The van der Waals surface area contributed by atoms with Crippen molar-refractivity contribution < 1.29 is 13.7 Å². The minimum atomic E-state index is -3.19. The zero-order valence-corrected chi connectivity index (χ0v) is 9.06. The van der Waals surface area contributed by atoms with Crippen LogP contribution in [0.2, 0.25) is 0 Å². The topological polar surface area (TPSA) is 118 Å². The van der Waals surface area contributed by atoms with E-state index in [1.807, 2.05) is 0 Å². The number of nitro groups is 1. The molecule has 0 aliphatic rings. The van der Waals surface area contributed by atoms with E-state index >= 15 is 0 Å². The summed E-state index contributed by atoms with van der Waals surface area (Å²) in [5, 5.41) is 21.4. The number of halogens is 2. The molecule has 96 valence electrons. The zero-order chi connectivity index (χ0) is 13.8. The molecule has 0 bridgehead atoms. The number of nitrogens with zero attached hydrogens (tertiary/aromatic N) is 3. The summed E-state index contributed by atoms with van der Waals surface area (Å²) in [7, 11) is 0. The van der Waals surface area contributed by atoms with Gasteiger partial charge in [0.1, 0.15) is 6.07 Å². The van der Waals surface area contributed by atoms with E-state index in [1.165, 1.54) is 0 Å². The molecule has 0 radical (unpaired) electrons. The minimum absolute atomic E-state index is 0.0298. The number of aromatic nitrogens is 1.